The molecule has 25 heavy (non-hydrogen) atoms. The van der Waals surface area contributed by atoms with Crippen LogP contribution in [0.4, 0.5) is 11.9 Å². The highest BCUT2D eigenvalue weighted by Gasteiger charge is 2.19. The van der Waals surface area contributed by atoms with E-state index in [1.165, 1.54) is 6.33 Å². The van der Waals surface area contributed by atoms with E-state index in [4.69, 9.17) is 10.2 Å². The zero-order chi connectivity index (χ0) is 18.4. The van der Waals surface area contributed by atoms with Crippen LogP contribution in [0.15, 0.2) is 17.4 Å². The number of aromatic amines is 1. The molecular weight excluding hydrogens is 356 g/mol. The van der Waals surface area contributed by atoms with Crippen molar-refractivity contribution >= 4 is 28.4 Å². The Morgan fingerprint density at radius 2 is 1.64 bits per heavy atom. The molecule has 0 aliphatic heterocycles. The van der Waals surface area contributed by atoms with Gasteiger partial charge in [-0.05, 0) is 19.6 Å². The fraction of sp³-hybridized carbons (Fsp3) is 0.538. The van der Waals surface area contributed by atoms with Crippen LogP contribution in [0, 0.1) is 0 Å². The number of nitrogens with two attached hydrogens (primary N) is 1. The molecule has 0 aliphatic rings. The summed E-state index contributed by atoms with van der Waals surface area (Å²) in [7, 11) is -3.08. The SMILES string of the molecule is C.C[Si](C)(C)Nc1ncnc(O[Si](C)(C)C)n1.Nc1ncnc(=O)[nH]1. The van der Waals surface area contributed by atoms with Crippen molar-refractivity contribution in [1.82, 2.24) is 29.9 Å². The summed E-state index contributed by atoms with van der Waals surface area (Å²) in [6, 6.07) is 0.426. The van der Waals surface area contributed by atoms with E-state index in [9.17, 15) is 4.79 Å². The van der Waals surface area contributed by atoms with Crippen LogP contribution in [0.1, 0.15) is 7.43 Å². The summed E-state index contributed by atoms with van der Waals surface area (Å²) in [5, 5.41) is 0. The normalized spacial score (nSPS) is 10.8. The van der Waals surface area contributed by atoms with Gasteiger partial charge in [0.15, 0.2) is 0 Å². The van der Waals surface area contributed by atoms with E-state index in [1.807, 2.05) is 0 Å². The van der Waals surface area contributed by atoms with Crippen molar-refractivity contribution in [3.8, 4) is 6.01 Å². The third-order valence-electron chi connectivity index (χ3n) is 2.04. The smallest absolute Gasteiger partial charge is 0.349 e. The van der Waals surface area contributed by atoms with E-state index in [0.29, 0.717) is 12.0 Å². The van der Waals surface area contributed by atoms with Crippen LogP contribution in [0.3, 0.4) is 0 Å². The molecule has 0 atom stereocenters. The number of hydrogen-bond donors (Lipinski definition) is 3. The quantitative estimate of drug-likeness (QED) is 0.671. The number of anilines is 2. The van der Waals surface area contributed by atoms with Gasteiger partial charge in [0.1, 0.15) is 20.9 Å². The number of hydrogen-bond acceptors (Lipinski definition) is 9. The van der Waals surface area contributed by atoms with Crippen LogP contribution in [0.5, 0.6) is 6.01 Å². The lowest BCUT2D eigenvalue weighted by molar-refractivity contribution is 0.507. The molecule has 10 nitrogen and oxygen atoms in total. The van der Waals surface area contributed by atoms with Gasteiger partial charge >= 0.3 is 11.7 Å². The molecule has 0 aromatic carbocycles. The zero-order valence-corrected chi connectivity index (χ0v) is 16.8. The molecule has 0 amide bonds. The third kappa shape index (κ3) is 10.9. The summed E-state index contributed by atoms with van der Waals surface area (Å²) in [5.74, 6) is 0.701. The standard InChI is InChI=1S/C9H20N4OSi2.C3H4N4O.CH4/c1-15(2,3)13-8-10-7-11-9(12-8)14-16(4,5)6;4-2-5-1-6-3(8)7-2;/h7H,1-6H3,(H,10,11,12,13);1H,(H3,4,5,6,7,8);1H4. The molecule has 12 heteroatoms. The largest absolute Gasteiger partial charge is 0.518 e. The van der Waals surface area contributed by atoms with Crippen molar-refractivity contribution in [2.75, 3.05) is 10.7 Å². The van der Waals surface area contributed by atoms with Crippen molar-refractivity contribution in [1.29, 1.82) is 0 Å². The summed E-state index contributed by atoms with van der Waals surface area (Å²) in [5.41, 5.74) is 4.58. The maximum Gasteiger partial charge on any atom is 0.349 e. The monoisotopic (exact) mass is 384 g/mol. The van der Waals surface area contributed by atoms with Gasteiger partial charge in [0, 0.05) is 0 Å². The molecule has 4 N–H and O–H groups in total. The Morgan fingerprint density at radius 3 is 2.08 bits per heavy atom. The second kappa shape index (κ2) is 9.22. The minimum Gasteiger partial charge on any atom is -0.518 e. The van der Waals surface area contributed by atoms with Gasteiger partial charge in [0.25, 0.3) is 0 Å². The molecule has 0 spiro atoms. The first-order chi connectivity index (χ1) is 10.9. The predicted octanol–water partition coefficient (Wildman–Crippen LogP) is 1.72. The molecule has 2 heterocycles. The fourth-order valence-corrected chi connectivity index (χ4v) is 2.75. The molecule has 0 saturated heterocycles. The van der Waals surface area contributed by atoms with Gasteiger partial charge in [-0.15, -0.1) is 0 Å². The predicted molar refractivity (Wildman–Crippen MR) is 105 cm³/mol. The first-order valence-corrected chi connectivity index (χ1v) is 14.2. The molecule has 0 unspecified atom stereocenters. The van der Waals surface area contributed by atoms with E-state index in [2.05, 4.69) is 74.2 Å². The summed E-state index contributed by atoms with van der Waals surface area (Å²) in [6.07, 6.45) is 2.60. The number of nitrogens with zero attached hydrogens (tertiary/aromatic N) is 5. The lowest BCUT2D eigenvalue weighted by Crippen LogP contribution is -2.34. The van der Waals surface area contributed by atoms with E-state index in [-0.39, 0.29) is 13.4 Å². The summed E-state index contributed by atoms with van der Waals surface area (Å²) in [4.78, 5) is 34.8. The summed E-state index contributed by atoms with van der Waals surface area (Å²) < 4.78 is 5.71. The Hall–Kier alpha value is -2.35. The van der Waals surface area contributed by atoms with Crippen LogP contribution in [-0.4, -0.2) is 46.5 Å². The van der Waals surface area contributed by atoms with E-state index in [1.54, 1.807) is 0 Å². The van der Waals surface area contributed by atoms with Crippen molar-refractivity contribution in [2.24, 2.45) is 0 Å². The Morgan fingerprint density at radius 1 is 1.04 bits per heavy atom. The molecule has 2 aromatic rings. The van der Waals surface area contributed by atoms with Gasteiger partial charge in [0.05, 0.1) is 0 Å². The molecule has 0 saturated carbocycles. The maximum absolute atomic E-state index is 10.2. The first kappa shape index (κ1) is 22.7. The topological polar surface area (TPSA) is 145 Å². The Balaban J connectivity index is 0.000000540. The van der Waals surface area contributed by atoms with Crippen LogP contribution < -0.4 is 20.8 Å². The first-order valence-electron chi connectivity index (χ1n) is 7.28. The van der Waals surface area contributed by atoms with Gasteiger partial charge in [-0.25, -0.2) is 14.8 Å². The number of rotatable bonds is 4. The highest BCUT2D eigenvalue weighted by molar-refractivity contribution is 6.79. The molecule has 0 aliphatic carbocycles. The average Bonchev–Trinajstić information content (AvgIpc) is 2.35. The van der Waals surface area contributed by atoms with Gasteiger partial charge in [-0.3, -0.25) is 4.98 Å². The van der Waals surface area contributed by atoms with E-state index in [0.717, 1.165) is 6.33 Å². The lowest BCUT2D eigenvalue weighted by Gasteiger charge is -2.20. The van der Waals surface area contributed by atoms with Crippen molar-refractivity contribution < 1.29 is 4.43 Å². The summed E-state index contributed by atoms with van der Waals surface area (Å²) >= 11 is 0. The second-order valence-corrected chi connectivity index (χ2v) is 16.0. The van der Waals surface area contributed by atoms with Gasteiger partial charge < -0.3 is 15.1 Å². The molecule has 140 valence electrons. The maximum atomic E-state index is 10.2. The van der Waals surface area contributed by atoms with Crippen LogP contribution >= 0.6 is 0 Å². The molecule has 0 bridgehead atoms. The molecule has 0 radical (unpaired) electrons. The molecular formula is C13H28N8O2Si2. The van der Waals surface area contributed by atoms with Crippen LogP contribution in [-0.2, 0) is 0 Å². The van der Waals surface area contributed by atoms with Gasteiger partial charge in [0.2, 0.25) is 20.2 Å². The van der Waals surface area contributed by atoms with Crippen LogP contribution in [0.2, 0.25) is 39.3 Å². The van der Waals surface area contributed by atoms with Crippen molar-refractivity contribution in [3.63, 3.8) is 0 Å². The third-order valence-corrected chi connectivity index (χ3v) is 3.81. The zero-order valence-electron chi connectivity index (χ0n) is 14.8. The minimum absolute atomic E-state index is 0. The van der Waals surface area contributed by atoms with Gasteiger partial charge in [-0.2, -0.15) is 15.0 Å². The Kier molecular flexibility index (Phi) is 8.35. The molecule has 2 rings (SSSR count). The Labute approximate surface area is 150 Å². The Bertz CT molecular complexity index is 681. The van der Waals surface area contributed by atoms with Crippen molar-refractivity contribution in [3.05, 3.63) is 23.1 Å². The second-order valence-electron chi connectivity index (χ2n) is 6.87. The van der Waals surface area contributed by atoms with E-state index < -0.39 is 22.2 Å². The highest BCUT2D eigenvalue weighted by Crippen LogP contribution is 2.12. The average molecular weight is 385 g/mol. The van der Waals surface area contributed by atoms with Gasteiger partial charge in [-0.1, -0.05) is 27.1 Å². The van der Waals surface area contributed by atoms with Crippen LogP contribution in [0.25, 0.3) is 0 Å². The summed E-state index contributed by atoms with van der Waals surface area (Å²) in [6.45, 7) is 12.9. The molecule has 0 fully saturated rings. The van der Waals surface area contributed by atoms with E-state index >= 15 is 0 Å². The number of aromatic nitrogens is 6. The highest BCUT2D eigenvalue weighted by atomic mass is 28.4. The number of nitrogen functional groups attached to an aromatic ring is 1. The minimum atomic E-state index is -1.65. The lowest BCUT2D eigenvalue weighted by atomic mass is 10.9. The fourth-order valence-electron chi connectivity index (χ4n) is 1.32. The number of H-pyrrole nitrogens is 1. The molecule has 2 aromatic heterocycles. The van der Waals surface area contributed by atoms with Crippen molar-refractivity contribution in [2.45, 2.75) is 46.7 Å². The number of nitrogens with one attached hydrogen (secondary N) is 2.